The second kappa shape index (κ2) is 7.14. The Morgan fingerprint density at radius 3 is 2.89 bits per heavy atom. The Morgan fingerprint density at radius 2 is 2.21 bits per heavy atom. The van der Waals surface area contributed by atoms with Crippen LogP contribution in [0.1, 0.15) is 12.8 Å². The number of likely N-dealkylation sites (tertiary alicyclic amines) is 1. The molecule has 0 bridgehead atoms. The van der Waals surface area contributed by atoms with Crippen LogP contribution in [-0.4, -0.2) is 44.1 Å². The normalized spacial score (nSPS) is 19.3. The van der Waals surface area contributed by atoms with Gasteiger partial charge in [-0.2, -0.15) is 0 Å². The summed E-state index contributed by atoms with van der Waals surface area (Å²) in [4.78, 5) is 14.0. The highest BCUT2D eigenvalue weighted by Crippen LogP contribution is 2.13. The maximum Gasteiger partial charge on any atom is 0.223 e. The molecule has 19 heavy (non-hydrogen) atoms. The van der Waals surface area contributed by atoms with Gasteiger partial charge in [0.05, 0.1) is 13.0 Å². The molecular formula is C15H22N2O2. The number of para-hydroxylation sites is 1. The molecule has 1 amide bonds. The molecule has 1 atom stereocenters. The highest BCUT2D eigenvalue weighted by molar-refractivity contribution is 5.75. The lowest BCUT2D eigenvalue weighted by atomic mass is 10.1. The molecule has 1 N–H and O–H groups in total. The van der Waals surface area contributed by atoms with Crippen molar-refractivity contribution < 1.29 is 9.53 Å². The maximum atomic E-state index is 11.7. The van der Waals surface area contributed by atoms with E-state index in [0.29, 0.717) is 18.9 Å². The molecule has 0 aromatic heterocycles. The van der Waals surface area contributed by atoms with Crippen molar-refractivity contribution in [1.82, 2.24) is 10.2 Å². The predicted octanol–water partition coefficient (Wildman–Crippen LogP) is 1.52. The van der Waals surface area contributed by atoms with Gasteiger partial charge in [-0.1, -0.05) is 18.2 Å². The smallest absolute Gasteiger partial charge is 0.223 e. The van der Waals surface area contributed by atoms with Crippen LogP contribution in [-0.2, 0) is 4.79 Å². The van der Waals surface area contributed by atoms with Crippen molar-refractivity contribution in [2.75, 3.05) is 33.3 Å². The lowest BCUT2D eigenvalue weighted by Gasteiger charge is -2.12. The van der Waals surface area contributed by atoms with E-state index in [0.717, 1.165) is 25.4 Å². The Bertz CT molecular complexity index is 394. The zero-order valence-electron chi connectivity index (χ0n) is 11.5. The molecule has 0 unspecified atom stereocenters. The number of amides is 1. The van der Waals surface area contributed by atoms with Crippen LogP contribution in [0.2, 0.25) is 0 Å². The third kappa shape index (κ3) is 4.91. The molecular weight excluding hydrogens is 240 g/mol. The molecule has 4 nitrogen and oxygen atoms in total. The molecule has 104 valence electrons. The first-order valence-electron chi connectivity index (χ1n) is 6.87. The van der Waals surface area contributed by atoms with Gasteiger partial charge in [0.2, 0.25) is 5.91 Å². The SMILES string of the molecule is CN1CC[C@H](CNC(=O)CCOc2ccccc2)C1. The summed E-state index contributed by atoms with van der Waals surface area (Å²) in [5.74, 6) is 1.49. The molecule has 1 aliphatic heterocycles. The molecule has 0 saturated carbocycles. The van der Waals surface area contributed by atoms with Crippen molar-refractivity contribution in [1.29, 1.82) is 0 Å². The van der Waals surface area contributed by atoms with Crippen molar-refractivity contribution in [2.24, 2.45) is 5.92 Å². The Morgan fingerprint density at radius 1 is 1.42 bits per heavy atom. The summed E-state index contributed by atoms with van der Waals surface area (Å²) in [7, 11) is 2.12. The van der Waals surface area contributed by atoms with Gasteiger partial charge in [-0.15, -0.1) is 0 Å². The fourth-order valence-electron chi connectivity index (χ4n) is 2.32. The number of benzene rings is 1. The van der Waals surface area contributed by atoms with E-state index in [-0.39, 0.29) is 5.91 Å². The number of nitrogens with one attached hydrogen (secondary N) is 1. The third-order valence-corrected chi connectivity index (χ3v) is 3.42. The average molecular weight is 262 g/mol. The molecule has 1 saturated heterocycles. The number of hydrogen-bond donors (Lipinski definition) is 1. The minimum absolute atomic E-state index is 0.0745. The van der Waals surface area contributed by atoms with E-state index in [4.69, 9.17) is 4.74 Å². The van der Waals surface area contributed by atoms with Gasteiger partial charge in [-0.3, -0.25) is 4.79 Å². The minimum Gasteiger partial charge on any atom is -0.493 e. The predicted molar refractivity (Wildman–Crippen MR) is 75.2 cm³/mol. The van der Waals surface area contributed by atoms with Crippen LogP contribution in [0.25, 0.3) is 0 Å². The van der Waals surface area contributed by atoms with E-state index in [1.54, 1.807) is 0 Å². The van der Waals surface area contributed by atoms with E-state index in [1.165, 1.54) is 6.42 Å². The van der Waals surface area contributed by atoms with E-state index in [9.17, 15) is 4.79 Å². The lowest BCUT2D eigenvalue weighted by Crippen LogP contribution is -2.31. The van der Waals surface area contributed by atoms with Crippen molar-refractivity contribution in [3.63, 3.8) is 0 Å². The van der Waals surface area contributed by atoms with Crippen LogP contribution in [0.15, 0.2) is 30.3 Å². The van der Waals surface area contributed by atoms with E-state index >= 15 is 0 Å². The first kappa shape index (κ1) is 13.9. The molecule has 4 heteroatoms. The van der Waals surface area contributed by atoms with Crippen LogP contribution < -0.4 is 10.1 Å². The molecule has 0 aliphatic carbocycles. The average Bonchev–Trinajstić information content (AvgIpc) is 2.83. The first-order chi connectivity index (χ1) is 9.24. The van der Waals surface area contributed by atoms with Crippen molar-refractivity contribution in [2.45, 2.75) is 12.8 Å². The second-order valence-corrected chi connectivity index (χ2v) is 5.13. The highest BCUT2D eigenvalue weighted by atomic mass is 16.5. The number of nitrogens with zero attached hydrogens (tertiary/aromatic N) is 1. The lowest BCUT2D eigenvalue weighted by molar-refractivity contribution is -0.121. The second-order valence-electron chi connectivity index (χ2n) is 5.13. The zero-order valence-corrected chi connectivity index (χ0v) is 11.5. The number of rotatable bonds is 6. The topological polar surface area (TPSA) is 41.6 Å². The van der Waals surface area contributed by atoms with E-state index in [1.807, 2.05) is 30.3 Å². The fourth-order valence-corrected chi connectivity index (χ4v) is 2.32. The molecule has 2 rings (SSSR count). The third-order valence-electron chi connectivity index (χ3n) is 3.42. The Labute approximate surface area is 114 Å². The first-order valence-corrected chi connectivity index (χ1v) is 6.87. The minimum atomic E-state index is 0.0745. The summed E-state index contributed by atoms with van der Waals surface area (Å²) >= 11 is 0. The van der Waals surface area contributed by atoms with Crippen LogP contribution in [0.4, 0.5) is 0 Å². The van der Waals surface area contributed by atoms with Gasteiger partial charge in [0.15, 0.2) is 0 Å². The van der Waals surface area contributed by atoms with Crippen molar-refractivity contribution >= 4 is 5.91 Å². The van der Waals surface area contributed by atoms with Crippen LogP contribution in [0, 0.1) is 5.92 Å². The summed E-state index contributed by atoms with van der Waals surface area (Å²) in [5.41, 5.74) is 0. The van der Waals surface area contributed by atoms with E-state index < -0.39 is 0 Å². The molecule has 0 spiro atoms. The van der Waals surface area contributed by atoms with Crippen LogP contribution in [0.5, 0.6) is 5.75 Å². The van der Waals surface area contributed by atoms with Crippen molar-refractivity contribution in [3.8, 4) is 5.75 Å². The highest BCUT2D eigenvalue weighted by Gasteiger charge is 2.19. The molecule has 1 aliphatic rings. The summed E-state index contributed by atoms with van der Waals surface area (Å²) in [6, 6.07) is 9.58. The van der Waals surface area contributed by atoms with Gasteiger partial charge in [0.25, 0.3) is 0 Å². The van der Waals surface area contributed by atoms with Gasteiger partial charge in [-0.25, -0.2) is 0 Å². The van der Waals surface area contributed by atoms with Gasteiger partial charge in [-0.05, 0) is 38.1 Å². The number of carbonyl (C=O) groups is 1. The quantitative estimate of drug-likeness (QED) is 0.845. The number of ether oxygens (including phenoxy) is 1. The molecule has 1 heterocycles. The molecule has 0 radical (unpaired) electrons. The Kier molecular flexibility index (Phi) is 5.21. The summed E-state index contributed by atoms with van der Waals surface area (Å²) < 4.78 is 5.50. The maximum absolute atomic E-state index is 11.7. The molecule has 1 fully saturated rings. The zero-order chi connectivity index (χ0) is 13.5. The van der Waals surface area contributed by atoms with Gasteiger partial charge in [0.1, 0.15) is 5.75 Å². The summed E-state index contributed by atoms with van der Waals surface area (Å²) in [5, 5.41) is 2.99. The Hall–Kier alpha value is -1.55. The fraction of sp³-hybridized carbons (Fsp3) is 0.533. The van der Waals surface area contributed by atoms with Gasteiger partial charge in [0, 0.05) is 13.1 Å². The molecule has 1 aromatic rings. The summed E-state index contributed by atoms with van der Waals surface area (Å²) in [6.45, 7) is 3.44. The van der Waals surface area contributed by atoms with E-state index in [2.05, 4.69) is 17.3 Å². The van der Waals surface area contributed by atoms with Gasteiger partial charge >= 0.3 is 0 Å². The standard InChI is InChI=1S/C15H22N2O2/c1-17-9-7-13(12-17)11-16-15(18)8-10-19-14-5-3-2-4-6-14/h2-6,13H,7-12H2,1H3,(H,16,18)/t13-/m1/s1. The largest absolute Gasteiger partial charge is 0.493 e. The van der Waals surface area contributed by atoms with Crippen LogP contribution in [0.3, 0.4) is 0 Å². The molecule has 1 aromatic carbocycles. The number of carbonyl (C=O) groups excluding carboxylic acids is 1. The number of hydrogen-bond acceptors (Lipinski definition) is 3. The Balaban J connectivity index is 1.57. The summed E-state index contributed by atoms with van der Waals surface area (Å²) in [6.07, 6.45) is 1.59. The van der Waals surface area contributed by atoms with Crippen LogP contribution >= 0.6 is 0 Å². The van der Waals surface area contributed by atoms with Gasteiger partial charge < -0.3 is 15.0 Å². The van der Waals surface area contributed by atoms with Crippen molar-refractivity contribution in [3.05, 3.63) is 30.3 Å². The monoisotopic (exact) mass is 262 g/mol.